The lowest BCUT2D eigenvalue weighted by molar-refractivity contribution is -0.196. The summed E-state index contributed by atoms with van der Waals surface area (Å²) in [6.45, 7) is 4.35. The van der Waals surface area contributed by atoms with Crippen molar-refractivity contribution in [2.24, 2.45) is 22.7 Å². The largest absolute Gasteiger partial charge is 0.472 e. The van der Waals surface area contributed by atoms with Gasteiger partial charge in [0.15, 0.2) is 0 Å². The fraction of sp³-hybridized carbons (Fsp3) is 0.684. The van der Waals surface area contributed by atoms with E-state index in [1.807, 2.05) is 6.07 Å². The van der Waals surface area contributed by atoms with Gasteiger partial charge in [-0.15, -0.1) is 0 Å². The van der Waals surface area contributed by atoms with Gasteiger partial charge in [0.1, 0.15) is 11.9 Å². The summed E-state index contributed by atoms with van der Waals surface area (Å²) in [6.07, 6.45) is 8.10. The molecule has 2 aliphatic carbocycles. The second-order valence-electron chi connectivity index (χ2n) is 8.07. The molecule has 2 saturated carbocycles. The van der Waals surface area contributed by atoms with E-state index in [-0.39, 0.29) is 34.7 Å². The van der Waals surface area contributed by atoms with Crippen molar-refractivity contribution >= 4 is 11.8 Å². The van der Waals surface area contributed by atoms with E-state index in [0.29, 0.717) is 12.2 Å². The topological polar surface area (TPSA) is 56.5 Å². The molecule has 4 nitrogen and oxygen atoms in total. The van der Waals surface area contributed by atoms with Gasteiger partial charge in [0.05, 0.1) is 18.4 Å². The summed E-state index contributed by atoms with van der Waals surface area (Å²) >= 11 is 0. The smallest absolute Gasteiger partial charge is 0.310 e. The zero-order valence-corrected chi connectivity index (χ0v) is 13.8. The van der Waals surface area contributed by atoms with Crippen molar-refractivity contribution in [1.29, 1.82) is 0 Å². The minimum absolute atomic E-state index is 0.0744. The lowest BCUT2D eigenvalue weighted by atomic mass is 9.46. The van der Waals surface area contributed by atoms with Crippen LogP contribution in [0.3, 0.4) is 0 Å². The third-order valence-corrected chi connectivity index (χ3v) is 6.93. The van der Waals surface area contributed by atoms with E-state index < -0.39 is 0 Å². The second-order valence-corrected chi connectivity index (χ2v) is 8.07. The van der Waals surface area contributed by atoms with E-state index in [9.17, 15) is 9.59 Å². The number of ketones is 1. The quantitative estimate of drug-likeness (QED) is 0.733. The normalized spacial score (nSPS) is 43.5. The molecular weight excluding hydrogens is 292 g/mol. The second kappa shape index (κ2) is 4.96. The lowest BCUT2D eigenvalue weighted by Crippen LogP contribution is -2.58. The van der Waals surface area contributed by atoms with E-state index in [1.165, 1.54) is 0 Å². The van der Waals surface area contributed by atoms with Crippen LogP contribution in [-0.2, 0) is 14.3 Å². The fourth-order valence-corrected chi connectivity index (χ4v) is 5.63. The maximum absolute atomic E-state index is 12.7. The van der Waals surface area contributed by atoms with Crippen LogP contribution in [0.2, 0.25) is 0 Å². The van der Waals surface area contributed by atoms with Crippen LogP contribution in [0.4, 0.5) is 0 Å². The highest BCUT2D eigenvalue weighted by Crippen LogP contribution is 2.63. The van der Waals surface area contributed by atoms with Crippen molar-refractivity contribution in [1.82, 2.24) is 0 Å². The third kappa shape index (κ3) is 2.03. The fourth-order valence-electron chi connectivity index (χ4n) is 5.63. The van der Waals surface area contributed by atoms with Gasteiger partial charge in [-0.3, -0.25) is 9.59 Å². The van der Waals surface area contributed by atoms with Crippen LogP contribution < -0.4 is 0 Å². The van der Waals surface area contributed by atoms with Gasteiger partial charge in [0.25, 0.3) is 0 Å². The Bertz CT molecular complexity index is 634. The number of ether oxygens (including phenoxy) is 1. The van der Waals surface area contributed by atoms with Gasteiger partial charge in [-0.25, -0.2) is 0 Å². The molecule has 124 valence electrons. The zero-order valence-electron chi connectivity index (χ0n) is 13.8. The molecule has 1 aromatic heterocycles. The Balaban J connectivity index is 1.72. The summed E-state index contributed by atoms with van der Waals surface area (Å²) < 4.78 is 10.9. The Morgan fingerprint density at radius 2 is 2.04 bits per heavy atom. The van der Waals surface area contributed by atoms with Gasteiger partial charge in [0, 0.05) is 17.4 Å². The number of fused-ring (bicyclic) bond motifs is 3. The van der Waals surface area contributed by atoms with E-state index >= 15 is 0 Å². The molecule has 0 aromatic carbocycles. The van der Waals surface area contributed by atoms with Gasteiger partial charge in [-0.05, 0) is 49.5 Å². The average molecular weight is 316 g/mol. The highest BCUT2D eigenvalue weighted by molar-refractivity contribution is 5.86. The molecule has 2 heterocycles. The van der Waals surface area contributed by atoms with Crippen LogP contribution in [0.25, 0.3) is 0 Å². The zero-order chi connectivity index (χ0) is 16.2. The first kappa shape index (κ1) is 15.0. The van der Waals surface area contributed by atoms with Gasteiger partial charge >= 0.3 is 5.97 Å². The first-order valence-corrected chi connectivity index (χ1v) is 8.71. The molecule has 0 amide bonds. The van der Waals surface area contributed by atoms with Crippen LogP contribution in [0.15, 0.2) is 23.0 Å². The highest BCUT2D eigenvalue weighted by Gasteiger charge is 2.61. The molecule has 0 radical (unpaired) electrons. The Hall–Kier alpha value is -1.58. The Morgan fingerprint density at radius 1 is 1.22 bits per heavy atom. The molecule has 3 aliphatic rings. The number of cyclic esters (lactones) is 1. The van der Waals surface area contributed by atoms with E-state index in [0.717, 1.165) is 37.7 Å². The number of furan rings is 1. The standard InChI is InChI=1S/C19H24O4/c1-18-8-6-13-17(21)23-14(12-7-9-22-11-12)10-19(13,2)15(18)4-3-5-16(18)20/h7,9,11,13-15H,3-6,8,10H2,1-2H3/t13-,14+,15-,18+,19-/m0/s1. The van der Waals surface area contributed by atoms with Crippen molar-refractivity contribution in [3.8, 4) is 0 Å². The van der Waals surface area contributed by atoms with Crippen LogP contribution >= 0.6 is 0 Å². The van der Waals surface area contributed by atoms with Crippen molar-refractivity contribution in [2.75, 3.05) is 0 Å². The Morgan fingerprint density at radius 3 is 2.78 bits per heavy atom. The van der Waals surface area contributed by atoms with Crippen molar-refractivity contribution < 1.29 is 18.7 Å². The van der Waals surface area contributed by atoms with E-state index in [2.05, 4.69) is 13.8 Å². The van der Waals surface area contributed by atoms with Crippen molar-refractivity contribution in [3.63, 3.8) is 0 Å². The maximum Gasteiger partial charge on any atom is 0.310 e. The van der Waals surface area contributed by atoms with Crippen LogP contribution in [-0.4, -0.2) is 11.8 Å². The molecule has 3 fully saturated rings. The predicted molar refractivity (Wildman–Crippen MR) is 83.4 cm³/mol. The summed E-state index contributed by atoms with van der Waals surface area (Å²) in [7, 11) is 0. The summed E-state index contributed by atoms with van der Waals surface area (Å²) in [4.78, 5) is 25.3. The monoisotopic (exact) mass is 316 g/mol. The molecule has 1 aliphatic heterocycles. The molecular formula is C19H24O4. The molecule has 4 rings (SSSR count). The number of hydrogen-bond acceptors (Lipinski definition) is 4. The number of rotatable bonds is 1. The molecule has 0 N–H and O–H groups in total. The summed E-state index contributed by atoms with van der Waals surface area (Å²) in [6, 6.07) is 1.87. The van der Waals surface area contributed by atoms with Crippen molar-refractivity contribution in [3.05, 3.63) is 24.2 Å². The number of esters is 1. The predicted octanol–water partition coefficient (Wildman–Crippen LogP) is 4.06. The first-order chi connectivity index (χ1) is 10.9. The van der Waals surface area contributed by atoms with Crippen molar-refractivity contribution in [2.45, 2.75) is 58.5 Å². The molecule has 23 heavy (non-hydrogen) atoms. The number of hydrogen-bond donors (Lipinski definition) is 0. The summed E-state index contributed by atoms with van der Waals surface area (Å²) in [5.41, 5.74) is 0.495. The number of carbonyl (C=O) groups excluding carboxylic acids is 2. The maximum atomic E-state index is 12.7. The van der Waals surface area contributed by atoms with E-state index in [4.69, 9.17) is 9.15 Å². The summed E-state index contributed by atoms with van der Waals surface area (Å²) in [5.74, 6) is 0.504. The highest BCUT2D eigenvalue weighted by atomic mass is 16.5. The molecule has 1 saturated heterocycles. The molecule has 5 atom stereocenters. The van der Waals surface area contributed by atoms with Gasteiger partial charge in [-0.2, -0.15) is 0 Å². The molecule has 4 heteroatoms. The van der Waals surface area contributed by atoms with Gasteiger partial charge in [0.2, 0.25) is 0 Å². The van der Waals surface area contributed by atoms with Gasteiger partial charge in [-0.1, -0.05) is 13.8 Å². The van der Waals surface area contributed by atoms with Gasteiger partial charge < -0.3 is 9.15 Å². The minimum Gasteiger partial charge on any atom is -0.472 e. The Kier molecular flexibility index (Phi) is 3.23. The number of carbonyl (C=O) groups is 2. The van der Waals surface area contributed by atoms with Crippen LogP contribution in [0, 0.1) is 22.7 Å². The number of Topliss-reactive ketones (excluding diaryl/α,β-unsaturated/α-hetero) is 1. The van der Waals surface area contributed by atoms with Crippen LogP contribution in [0.5, 0.6) is 0 Å². The van der Waals surface area contributed by atoms with E-state index in [1.54, 1.807) is 12.5 Å². The minimum atomic E-state index is -0.262. The molecule has 0 spiro atoms. The Labute approximate surface area is 136 Å². The molecule has 0 unspecified atom stereocenters. The first-order valence-electron chi connectivity index (χ1n) is 8.71. The average Bonchev–Trinajstić information content (AvgIpc) is 3.03. The van der Waals surface area contributed by atoms with Crippen LogP contribution in [0.1, 0.15) is 64.0 Å². The SMILES string of the molecule is C[C@]12C[C@H](c3ccoc3)OC(=O)[C@@H]1CC[C@@]1(C)C(=O)CCC[C@H]21. The lowest BCUT2D eigenvalue weighted by Gasteiger charge is -2.58. The molecule has 0 bridgehead atoms. The third-order valence-electron chi connectivity index (χ3n) is 6.93. The summed E-state index contributed by atoms with van der Waals surface area (Å²) in [5, 5.41) is 0. The molecule has 1 aromatic rings.